The van der Waals surface area contributed by atoms with Crippen LogP contribution in [0.5, 0.6) is 0 Å². The number of nitrogens with two attached hydrogens (primary N) is 1. The van der Waals surface area contributed by atoms with Crippen LogP contribution in [0, 0.1) is 15.9 Å². The predicted molar refractivity (Wildman–Crippen MR) is 72.8 cm³/mol. The maximum Gasteiger partial charge on any atom is 0.296 e. The molecule has 1 aromatic carbocycles. The van der Waals surface area contributed by atoms with E-state index in [0.29, 0.717) is 0 Å². The fourth-order valence-electron chi connectivity index (χ4n) is 2.43. The molecule has 1 saturated heterocycles. The fraction of sp³-hybridized carbons (Fsp3) is 0.417. The zero-order chi connectivity index (χ0) is 15.7. The first-order valence-corrected chi connectivity index (χ1v) is 6.24. The van der Waals surface area contributed by atoms with Crippen LogP contribution in [-0.2, 0) is 0 Å². The Labute approximate surface area is 118 Å². The molecule has 0 saturated carbocycles. The minimum atomic E-state index is -1.14. The minimum absolute atomic E-state index is 0.0852. The average Bonchev–Trinajstić information content (AvgIpc) is 2.83. The summed E-state index contributed by atoms with van der Waals surface area (Å²) in [6, 6.07) is 0.915. The number of nitro groups is 1. The Morgan fingerprint density at radius 1 is 1.62 bits per heavy atom. The second-order valence-corrected chi connectivity index (χ2v) is 4.68. The smallest absolute Gasteiger partial charge is 0.296 e. The summed E-state index contributed by atoms with van der Waals surface area (Å²) >= 11 is 0. The molecule has 0 bridgehead atoms. The quantitative estimate of drug-likeness (QED) is 0.647. The van der Waals surface area contributed by atoms with E-state index in [1.807, 2.05) is 0 Å². The van der Waals surface area contributed by atoms with Crippen LogP contribution in [0.3, 0.4) is 0 Å². The molecule has 9 heteroatoms. The van der Waals surface area contributed by atoms with Gasteiger partial charge in [0, 0.05) is 26.2 Å². The molecule has 1 aromatic rings. The molecule has 2 rings (SSSR count). The number of nitro benzene ring substituents is 1. The van der Waals surface area contributed by atoms with Gasteiger partial charge in [-0.15, -0.1) is 0 Å². The number of benzene rings is 1. The summed E-state index contributed by atoms with van der Waals surface area (Å²) < 4.78 is 27.9. The van der Waals surface area contributed by atoms with Crippen molar-refractivity contribution in [2.24, 2.45) is 5.73 Å². The number of alkyl halides is 1. The summed E-state index contributed by atoms with van der Waals surface area (Å²) in [6.07, 6.45) is -0.942. The van der Waals surface area contributed by atoms with Gasteiger partial charge in [-0.25, -0.2) is 8.78 Å². The van der Waals surface area contributed by atoms with Gasteiger partial charge >= 0.3 is 0 Å². The lowest BCUT2D eigenvalue weighted by atomic mass is 10.1. The molecule has 114 valence electrons. The number of nitrogens with one attached hydrogen (secondary N) is 1. The molecule has 3 N–H and O–H groups in total. The SMILES string of the molecule is CNc1c([N+](=O)[O-])cc(C(N)=O)c(N2CCC(F)C2)c1F. The van der Waals surface area contributed by atoms with Crippen molar-refractivity contribution in [3.63, 3.8) is 0 Å². The number of amides is 1. The summed E-state index contributed by atoms with van der Waals surface area (Å²) in [6.45, 7) is 0.123. The highest BCUT2D eigenvalue weighted by atomic mass is 19.1. The second kappa shape index (κ2) is 5.51. The molecule has 1 amide bonds. The van der Waals surface area contributed by atoms with Gasteiger partial charge in [0.25, 0.3) is 11.6 Å². The Kier molecular flexibility index (Phi) is 3.92. The normalized spacial score (nSPS) is 17.9. The lowest BCUT2D eigenvalue weighted by Crippen LogP contribution is -2.26. The van der Waals surface area contributed by atoms with Gasteiger partial charge in [0.15, 0.2) is 11.5 Å². The molecule has 7 nitrogen and oxygen atoms in total. The Bertz CT molecular complexity index is 609. The van der Waals surface area contributed by atoms with Crippen LogP contribution in [0.25, 0.3) is 0 Å². The molecule has 1 aliphatic heterocycles. The summed E-state index contributed by atoms with van der Waals surface area (Å²) in [5.41, 5.74) is 3.70. The number of primary amides is 1. The number of hydrogen-bond donors (Lipinski definition) is 2. The Balaban J connectivity index is 2.67. The van der Waals surface area contributed by atoms with E-state index >= 15 is 0 Å². The zero-order valence-electron chi connectivity index (χ0n) is 11.2. The topological polar surface area (TPSA) is 101 Å². The maximum absolute atomic E-state index is 14.6. The van der Waals surface area contributed by atoms with Gasteiger partial charge in [0.05, 0.1) is 16.2 Å². The van der Waals surface area contributed by atoms with Crippen LogP contribution in [-0.4, -0.2) is 37.1 Å². The Morgan fingerprint density at radius 2 is 2.29 bits per heavy atom. The monoisotopic (exact) mass is 300 g/mol. The van der Waals surface area contributed by atoms with Crippen molar-refractivity contribution in [2.45, 2.75) is 12.6 Å². The van der Waals surface area contributed by atoms with E-state index in [2.05, 4.69) is 5.32 Å². The number of carbonyl (C=O) groups excluding carboxylic acids is 1. The fourth-order valence-corrected chi connectivity index (χ4v) is 2.43. The number of halogens is 2. The van der Waals surface area contributed by atoms with Gasteiger partial charge < -0.3 is 16.0 Å². The largest absolute Gasteiger partial charge is 0.380 e. The van der Waals surface area contributed by atoms with Crippen LogP contribution in [0.15, 0.2) is 6.07 Å². The molecule has 0 radical (unpaired) electrons. The van der Waals surface area contributed by atoms with Crippen molar-refractivity contribution in [1.29, 1.82) is 0 Å². The van der Waals surface area contributed by atoms with Crippen molar-refractivity contribution in [1.82, 2.24) is 0 Å². The zero-order valence-corrected chi connectivity index (χ0v) is 11.2. The van der Waals surface area contributed by atoms with Crippen molar-refractivity contribution in [3.8, 4) is 0 Å². The lowest BCUT2D eigenvalue weighted by molar-refractivity contribution is -0.384. The van der Waals surface area contributed by atoms with Gasteiger partial charge in [-0.05, 0) is 6.42 Å². The Hall–Kier alpha value is -2.45. The number of hydrogen-bond acceptors (Lipinski definition) is 5. The van der Waals surface area contributed by atoms with Gasteiger partial charge in [0.2, 0.25) is 0 Å². The third-order valence-corrected chi connectivity index (χ3v) is 3.38. The van der Waals surface area contributed by atoms with E-state index in [9.17, 15) is 23.7 Å². The average molecular weight is 300 g/mol. The Morgan fingerprint density at radius 3 is 2.71 bits per heavy atom. The van der Waals surface area contributed by atoms with Crippen molar-refractivity contribution < 1.29 is 18.5 Å². The van der Waals surface area contributed by atoms with Crippen LogP contribution in [0.2, 0.25) is 0 Å². The predicted octanol–water partition coefficient (Wildman–Crippen LogP) is 1.42. The van der Waals surface area contributed by atoms with Gasteiger partial charge in [-0.2, -0.15) is 0 Å². The molecule has 0 aliphatic carbocycles. The van der Waals surface area contributed by atoms with E-state index in [1.54, 1.807) is 0 Å². The van der Waals surface area contributed by atoms with Crippen molar-refractivity contribution >= 4 is 23.0 Å². The van der Waals surface area contributed by atoms with Crippen LogP contribution in [0.4, 0.5) is 25.8 Å². The summed E-state index contributed by atoms with van der Waals surface area (Å²) in [5.74, 6) is -1.98. The van der Waals surface area contributed by atoms with E-state index < -0.39 is 28.5 Å². The molecule has 1 unspecified atom stereocenters. The number of anilines is 2. The molecule has 0 spiro atoms. The standard InChI is InChI=1S/C12H14F2N4O3/c1-16-10-8(18(20)21)4-7(12(15)19)11(9(10)14)17-3-2-6(13)5-17/h4,6,16H,2-3,5H2,1H3,(H2,15,19). The number of nitrogens with zero attached hydrogens (tertiary/aromatic N) is 2. The van der Waals surface area contributed by atoms with Crippen LogP contribution >= 0.6 is 0 Å². The molecule has 0 aromatic heterocycles. The first-order valence-electron chi connectivity index (χ1n) is 6.24. The number of carbonyl (C=O) groups is 1. The van der Waals surface area contributed by atoms with E-state index in [0.717, 1.165) is 6.07 Å². The van der Waals surface area contributed by atoms with Crippen LogP contribution < -0.4 is 16.0 Å². The highest BCUT2D eigenvalue weighted by Gasteiger charge is 2.32. The highest BCUT2D eigenvalue weighted by molar-refractivity contribution is 6.01. The second-order valence-electron chi connectivity index (χ2n) is 4.68. The molecule has 1 fully saturated rings. The summed E-state index contributed by atoms with van der Waals surface area (Å²) in [7, 11) is 1.32. The van der Waals surface area contributed by atoms with Gasteiger partial charge in [0.1, 0.15) is 6.17 Å². The van der Waals surface area contributed by atoms with Gasteiger partial charge in [-0.3, -0.25) is 14.9 Å². The molecule has 1 aliphatic rings. The minimum Gasteiger partial charge on any atom is -0.380 e. The third kappa shape index (κ3) is 2.58. The first-order chi connectivity index (χ1) is 9.86. The molecular formula is C12H14F2N4O3. The van der Waals surface area contributed by atoms with Crippen LogP contribution in [0.1, 0.15) is 16.8 Å². The van der Waals surface area contributed by atoms with Crippen molar-refractivity contribution in [2.75, 3.05) is 30.4 Å². The van der Waals surface area contributed by atoms with E-state index in [-0.39, 0.29) is 36.4 Å². The van der Waals surface area contributed by atoms with Crippen molar-refractivity contribution in [3.05, 3.63) is 27.6 Å². The molecular weight excluding hydrogens is 286 g/mol. The first kappa shape index (κ1) is 14.9. The lowest BCUT2D eigenvalue weighted by Gasteiger charge is -2.22. The van der Waals surface area contributed by atoms with E-state index in [4.69, 9.17) is 5.73 Å². The maximum atomic E-state index is 14.6. The van der Waals surface area contributed by atoms with E-state index in [1.165, 1.54) is 11.9 Å². The highest BCUT2D eigenvalue weighted by Crippen LogP contribution is 2.38. The molecule has 1 heterocycles. The number of rotatable bonds is 4. The van der Waals surface area contributed by atoms with Gasteiger partial charge in [-0.1, -0.05) is 0 Å². The third-order valence-electron chi connectivity index (χ3n) is 3.38. The molecule has 1 atom stereocenters. The summed E-state index contributed by atoms with van der Waals surface area (Å²) in [4.78, 5) is 23.0. The summed E-state index contributed by atoms with van der Waals surface area (Å²) in [5, 5.41) is 13.4. The molecule has 21 heavy (non-hydrogen) atoms.